The molecule has 0 saturated carbocycles. The van der Waals surface area contributed by atoms with Gasteiger partial charge in [0.05, 0.1) is 0 Å². The number of nitrogens with zero attached hydrogens (tertiary/aromatic N) is 1. The molecule has 1 unspecified atom stereocenters. The average molecular weight is 424 g/mol. The summed E-state index contributed by atoms with van der Waals surface area (Å²) >= 11 is -5.47. The van der Waals surface area contributed by atoms with Crippen LogP contribution in [-0.4, -0.2) is 40.2 Å². The number of nitro benzene ring substituents is 1. The second-order valence-electron chi connectivity index (χ2n) is 5.06. The quantitative estimate of drug-likeness (QED) is 0.274. The first-order valence-corrected chi connectivity index (χ1v) is 10.3. The Kier molecular flexibility index (Phi) is 5.49. The summed E-state index contributed by atoms with van der Waals surface area (Å²) in [4.78, 5) is 33.3. The van der Waals surface area contributed by atoms with Crippen molar-refractivity contribution in [3.8, 4) is 5.75 Å². The number of hydrogen-bond donors (Lipinski definition) is 3. The Morgan fingerprint density at radius 3 is 2.50 bits per heavy atom. The van der Waals surface area contributed by atoms with Gasteiger partial charge < -0.3 is 0 Å². The molecule has 11 heteroatoms. The van der Waals surface area contributed by atoms with Gasteiger partial charge in [-0.05, 0) is 0 Å². The van der Waals surface area contributed by atoms with Crippen LogP contribution in [0.4, 0.5) is 11.4 Å². The van der Waals surface area contributed by atoms with E-state index < -0.39 is 42.2 Å². The molecule has 0 aliphatic carbocycles. The Hall–Kier alpha value is -3.10. The number of aromatic hydroxyl groups is 1. The molecule has 0 aromatic heterocycles. The van der Waals surface area contributed by atoms with Crippen molar-refractivity contribution in [1.82, 2.24) is 0 Å². The summed E-state index contributed by atoms with van der Waals surface area (Å²) in [7, 11) is 0. The first-order chi connectivity index (χ1) is 12.1. The van der Waals surface area contributed by atoms with Crippen LogP contribution in [0.1, 0.15) is 17.3 Å². The molecule has 2 aromatic rings. The van der Waals surface area contributed by atoms with Crippen molar-refractivity contribution in [2.24, 2.45) is 0 Å². The van der Waals surface area contributed by atoms with Gasteiger partial charge in [-0.2, -0.15) is 0 Å². The molecule has 0 aliphatic rings. The fraction of sp³-hybridized carbons (Fsp3) is 0.0667. The molecule has 1 amide bonds. The van der Waals surface area contributed by atoms with Crippen molar-refractivity contribution < 1.29 is 31.2 Å². The number of phenols is 1. The van der Waals surface area contributed by atoms with E-state index in [1.165, 1.54) is 19.1 Å². The van der Waals surface area contributed by atoms with Gasteiger partial charge in [0.25, 0.3) is 0 Å². The topological polar surface area (TPSA) is 156 Å². The second-order valence-corrected chi connectivity index (χ2v) is 8.71. The van der Waals surface area contributed by atoms with Gasteiger partial charge in [-0.1, -0.05) is 0 Å². The summed E-state index contributed by atoms with van der Waals surface area (Å²) in [5.41, 5.74) is -1.20. The van der Waals surface area contributed by atoms with E-state index >= 15 is 0 Å². The predicted octanol–water partition coefficient (Wildman–Crippen LogP) is 0.684. The molecule has 10 nitrogen and oxygen atoms in total. The number of phenolic OH excluding ortho intramolecular Hbond substituents is 1. The third-order valence-corrected chi connectivity index (χ3v) is 5.96. The van der Waals surface area contributed by atoms with Gasteiger partial charge in [0.1, 0.15) is 0 Å². The third-order valence-electron chi connectivity index (χ3n) is 3.14. The van der Waals surface area contributed by atoms with Crippen LogP contribution >= 0.6 is 0 Å². The summed E-state index contributed by atoms with van der Waals surface area (Å²) in [5, 5.41) is 22.8. The zero-order valence-corrected chi connectivity index (χ0v) is 15.2. The zero-order chi connectivity index (χ0) is 19.5. The van der Waals surface area contributed by atoms with Crippen molar-refractivity contribution in [3.05, 3.63) is 58.1 Å². The average Bonchev–Trinajstić information content (AvgIpc) is 2.55. The molecule has 136 valence electrons. The standard InChI is InChI=1S/C15H13AsN2O8/c1-9(19)17-12-8-10(6-7-14(12)20)16(22,23)26-15(21)11-4-2-3-5-13(11)18(24)25/h2-8,20H,1H3,(H,17,19)(H,22,23). The second kappa shape index (κ2) is 7.42. The zero-order valence-electron chi connectivity index (χ0n) is 13.3. The molecular weight excluding hydrogens is 411 g/mol. The van der Waals surface area contributed by atoms with Gasteiger partial charge in [0, 0.05) is 0 Å². The summed E-state index contributed by atoms with van der Waals surface area (Å²) in [6.07, 6.45) is 0. The predicted molar refractivity (Wildman–Crippen MR) is 89.2 cm³/mol. The van der Waals surface area contributed by atoms with Crippen molar-refractivity contribution >= 4 is 41.8 Å². The number of benzene rings is 2. The van der Waals surface area contributed by atoms with Gasteiger partial charge in [-0.3, -0.25) is 0 Å². The van der Waals surface area contributed by atoms with E-state index in [1.54, 1.807) is 0 Å². The summed E-state index contributed by atoms with van der Waals surface area (Å²) in [6.45, 7) is 1.17. The summed E-state index contributed by atoms with van der Waals surface area (Å²) in [6, 6.07) is 7.91. The van der Waals surface area contributed by atoms with Crippen LogP contribution in [0.25, 0.3) is 0 Å². The number of anilines is 1. The Balaban J connectivity index is 2.34. The van der Waals surface area contributed by atoms with Gasteiger partial charge in [-0.25, -0.2) is 0 Å². The van der Waals surface area contributed by atoms with E-state index in [1.807, 2.05) is 0 Å². The summed E-state index contributed by atoms with van der Waals surface area (Å²) in [5.74, 6) is -2.23. The van der Waals surface area contributed by atoms with Crippen molar-refractivity contribution in [1.29, 1.82) is 0 Å². The van der Waals surface area contributed by atoms with Gasteiger partial charge in [0.15, 0.2) is 0 Å². The number of carbonyl (C=O) groups excluding carboxylic acids is 2. The summed E-state index contributed by atoms with van der Waals surface area (Å²) < 4.78 is 26.8. The van der Waals surface area contributed by atoms with Gasteiger partial charge in [-0.15, -0.1) is 0 Å². The first-order valence-electron chi connectivity index (χ1n) is 7.03. The minimum absolute atomic E-state index is 0.146. The van der Waals surface area contributed by atoms with Gasteiger partial charge in [0.2, 0.25) is 0 Å². The number of carbonyl (C=O) groups is 2. The number of nitro groups is 1. The number of nitrogens with one attached hydrogen (secondary N) is 1. The molecule has 0 saturated heterocycles. The number of hydrogen-bond acceptors (Lipinski definition) is 7. The third kappa shape index (κ3) is 4.29. The molecule has 0 heterocycles. The van der Waals surface area contributed by atoms with Gasteiger partial charge >= 0.3 is 149 Å². The molecule has 0 bridgehead atoms. The molecule has 1 atom stereocenters. The molecule has 0 aliphatic heterocycles. The Morgan fingerprint density at radius 1 is 1.23 bits per heavy atom. The molecule has 3 N–H and O–H groups in total. The molecule has 0 fully saturated rings. The van der Waals surface area contributed by atoms with E-state index in [9.17, 15) is 32.6 Å². The fourth-order valence-electron chi connectivity index (χ4n) is 2.01. The molecular formula is C15H13AsN2O8. The Morgan fingerprint density at radius 2 is 1.88 bits per heavy atom. The van der Waals surface area contributed by atoms with Crippen LogP contribution < -0.4 is 9.67 Å². The Bertz CT molecular complexity index is 943. The Labute approximate surface area is 149 Å². The number of rotatable bonds is 5. The van der Waals surface area contributed by atoms with Crippen molar-refractivity contribution in [2.45, 2.75) is 6.92 Å². The van der Waals surface area contributed by atoms with E-state index in [0.717, 1.165) is 30.3 Å². The maximum atomic E-state index is 12.4. The van der Waals surface area contributed by atoms with E-state index in [-0.39, 0.29) is 15.8 Å². The molecule has 0 radical (unpaired) electrons. The monoisotopic (exact) mass is 424 g/mol. The van der Waals surface area contributed by atoms with Crippen LogP contribution in [-0.2, 0) is 12.3 Å². The van der Waals surface area contributed by atoms with Crippen molar-refractivity contribution in [3.63, 3.8) is 0 Å². The van der Waals surface area contributed by atoms with E-state index in [2.05, 4.69) is 9.04 Å². The van der Waals surface area contributed by atoms with E-state index in [0.29, 0.717) is 0 Å². The molecule has 2 aromatic carbocycles. The SMILES string of the molecule is CC(=O)Nc1cc([As](=O)(O)OC(=O)c2ccccc2[N+](=O)[O-])ccc1O. The first kappa shape index (κ1) is 19.2. The molecule has 0 spiro atoms. The van der Waals surface area contributed by atoms with Crippen LogP contribution in [0.3, 0.4) is 0 Å². The van der Waals surface area contributed by atoms with E-state index in [4.69, 9.17) is 0 Å². The van der Waals surface area contributed by atoms with Crippen LogP contribution in [0.5, 0.6) is 5.75 Å². The fourth-order valence-corrected chi connectivity index (χ4v) is 4.07. The maximum absolute atomic E-state index is 12.4. The molecule has 26 heavy (non-hydrogen) atoms. The minimum atomic E-state index is -5.47. The van der Waals surface area contributed by atoms with Crippen LogP contribution in [0.2, 0.25) is 0 Å². The van der Waals surface area contributed by atoms with Crippen LogP contribution in [0, 0.1) is 10.1 Å². The van der Waals surface area contributed by atoms with Crippen LogP contribution in [0.15, 0.2) is 42.5 Å². The normalized spacial score (nSPS) is 12.7. The number of para-hydroxylation sites is 1. The van der Waals surface area contributed by atoms with Crippen molar-refractivity contribution in [2.75, 3.05) is 5.32 Å². The number of amides is 1. The molecule has 2 rings (SSSR count).